The second-order valence-corrected chi connectivity index (χ2v) is 8.46. The predicted octanol–water partition coefficient (Wildman–Crippen LogP) is 3.12. The summed E-state index contributed by atoms with van der Waals surface area (Å²) < 4.78 is 18.7. The first-order valence-corrected chi connectivity index (χ1v) is 8.46. The fourth-order valence-corrected chi connectivity index (χ4v) is 2.56. The summed E-state index contributed by atoms with van der Waals surface area (Å²) >= 11 is 0. The largest absolute Gasteiger partial charge is 0.494 e. The van der Waals surface area contributed by atoms with E-state index in [0.29, 0.717) is 5.52 Å². The standard InChI is InChI=1S/C18H25BN2O4/c1-16(2,3)23-15(22)21-11-12-8-9-13(10-14(12)20-21)19-24-17(4,5)18(6,7)25-19/h8-11H,1-7H3. The molecule has 6 nitrogen and oxygen atoms in total. The normalized spacial score (nSPS) is 19.4. The number of carbonyl (C=O) groups excluding carboxylic acids is 1. The molecule has 2 aromatic rings. The van der Waals surface area contributed by atoms with Crippen LogP contribution in [0.4, 0.5) is 4.79 Å². The third kappa shape index (κ3) is 3.44. The van der Waals surface area contributed by atoms with Gasteiger partial charge in [-0.3, -0.25) is 0 Å². The van der Waals surface area contributed by atoms with Gasteiger partial charge in [0.05, 0.1) is 16.7 Å². The van der Waals surface area contributed by atoms with Crippen molar-refractivity contribution in [2.24, 2.45) is 0 Å². The number of aromatic nitrogens is 2. The van der Waals surface area contributed by atoms with Crippen molar-refractivity contribution in [2.45, 2.75) is 65.3 Å². The van der Waals surface area contributed by atoms with E-state index in [2.05, 4.69) is 5.10 Å². The second kappa shape index (κ2) is 5.57. The van der Waals surface area contributed by atoms with Crippen LogP contribution in [0, 0.1) is 0 Å². The molecule has 1 aliphatic heterocycles. The van der Waals surface area contributed by atoms with Gasteiger partial charge in [-0.15, -0.1) is 0 Å². The van der Waals surface area contributed by atoms with Crippen molar-refractivity contribution in [1.82, 2.24) is 9.78 Å². The zero-order valence-electron chi connectivity index (χ0n) is 15.9. The lowest BCUT2D eigenvalue weighted by molar-refractivity contribution is 0.00578. The molecule has 3 rings (SSSR count). The van der Waals surface area contributed by atoms with Crippen LogP contribution in [-0.4, -0.2) is 39.8 Å². The van der Waals surface area contributed by atoms with Crippen molar-refractivity contribution >= 4 is 29.6 Å². The Morgan fingerprint density at radius 3 is 2.32 bits per heavy atom. The lowest BCUT2D eigenvalue weighted by Gasteiger charge is -2.32. The molecule has 0 atom stereocenters. The Balaban J connectivity index is 1.88. The molecule has 134 valence electrons. The fourth-order valence-electron chi connectivity index (χ4n) is 2.56. The average Bonchev–Trinajstić information content (AvgIpc) is 2.95. The molecule has 1 fully saturated rings. The zero-order valence-corrected chi connectivity index (χ0v) is 15.9. The van der Waals surface area contributed by atoms with Crippen molar-refractivity contribution in [3.8, 4) is 0 Å². The van der Waals surface area contributed by atoms with Crippen LogP contribution in [0.25, 0.3) is 10.9 Å². The van der Waals surface area contributed by atoms with Crippen molar-refractivity contribution < 1.29 is 18.8 Å². The number of ether oxygens (including phenoxy) is 1. The summed E-state index contributed by atoms with van der Waals surface area (Å²) in [5, 5.41) is 5.19. The molecule has 0 bridgehead atoms. The molecule has 0 aliphatic carbocycles. The summed E-state index contributed by atoms with van der Waals surface area (Å²) in [6.07, 6.45) is 1.16. The maximum Gasteiger partial charge on any atom is 0.494 e. The molecule has 7 heteroatoms. The molecule has 0 spiro atoms. The molecule has 0 amide bonds. The zero-order chi connectivity index (χ0) is 18.6. The molecular weight excluding hydrogens is 319 g/mol. The SMILES string of the molecule is CC(C)(C)OC(=O)n1cc2ccc(B3OC(C)(C)C(C)(C)O3)cc2n1. The van der Waals surface area contributed by atoms with Gasteiger partial charge in [0.2, 0.25) is 0 Å². The van der Waals surface area contributed by atoms with E-state index in [1.165, 1.54) is 4.68 Å². The highest BCUT2D eigenvalue weighted by atomic mass is 16.7. The molecule has 1 aromatic heterocycles. The maximum absolute atomic E-state index is 12.2. The van der Waals surface area contributed by atoms with E-state index in [0.717, 1.165) is 10.8 Å². The number of hydrogen-bond acceptors (Lipinski definition) is 5. The van der Waals surface area contributed by atoms with Gasteiger partial charge in [0.15, 0.2) is 0 Å². The van der Waals surface area contributed by atoms with Crippen LogP contribution in [0.3, 0.4) is 0 Å². The Bertz CT molecular complexity index is 804. The van der Waals surface area contributed by atoms with Crippen molar-refractivity contribution in [1.29, 1.82) is 0 Å². The van der Waals surface area contributed by atoms with Crippen LogP contribution in [0.2, 0.25) is 0 Å². The molecule has 0 unspecified atom stereocenters. The van der Waals surface area contributed by atoms with Gasteiger partial charge >= 0.3 is 13.2 Å². The molecule has 1 aliphatic rings. The lowest BCUT2D eigenvalue weighted by atomic mass is 9.79. The Hall–Kier alpha value is -1.86. The van der Waals surface area contributed by atoms with Gasteiger partial charge in [0.25, 0.3) is 0 Å². The third-order valence-corrected chi connectivity index (χ3v) is 4.64. The molecule has 1 saturated heterocycles. The molecular formula is C18H25BN2O4. The number of carbonyl (C=O) groups is 1. The van der Waals surface area contributed by atoms with Crippen LogP contribution in [0.15, 0.2) is 24.4 Å². The molecule has 0 saturated carbocycles. The summed E-state index contributed by atoms with van der Waals surface area (Å²) in [5.41, 5.74) is 0.201. The van der Waals surface area contributed by atoms with E-state index < -0.39 is 30.0 Å². The van der Waals surface area contributed by atoms with Crippen LogP contribution >= 0.6 is 0 Å². The van der Waals surface area contributed by atoms with E-state index in [1.807, 2.05) is 66.7 Å². The summed E-state index contributed by atoms with van der Waals surface area (Å²) in [6, 6.07) is 5.73. The first-order valence-electron chi connectivity index (χ1n) is 8.46. The fraction of sp³-hybridized carbons (Fsp3) is 0.556. The maximum atomic E-state index is 12.2. The van der Waals surface area contributed by atoms with Crippen molar-refractivity contribution in [3.63, 3.8) is 0 Å². The van der Waals surface area contributed by atoms with Crippen LogP contribution in [0.1, 0.15) is 48.5 Å². The number of nitrogens with zero attached hydrogens (tertiary/aromatic N) is 2. The van der Waals surface area contributed by atoms with Gasteiger partial charge in [0, 0.05) is 11.6 Å². The van der Waals surface area contributed by atoms with Gasteiger partial charge < -0.3 is 14.0 Å². The second-order valence-electron chi connectivity index (χ2n) is 8.46. The number of rotatable bonds is 1. The molecule has 2 heterocycles. The lowest BCUT2D eigenvalue weighted by Crippen LogP contribution is -2.41. The summed E-state index contributed by atoms with van der Waals surface area (Å²) in [6.45, 7) is 13.5. The van der Waals surface area contributed by atoms with Crippen molar-refractivity contribution in [3.05, 3.63) is 24.4 Å². The summed E-state index contributed by atoms with van der Waals surface area (Å²) in [4.78, 5) is 12.2. The van der Waals surface area contributed by atoms with Gasteiger partial charge in [-0.1, -0.05) is 12.1 Å². The first-order chi connectivity index (χ1) is 11.4. The van der Waals surface area contributed by atoms with Gasteiger partial charge in [0.1, 0.15) is 5.60 Å². The molecule has 0 N–H and O–H groups in total. The minimum absolute atomic E-state index is 0.400. The summed E-state index contributed by atoms with van der Waals surface area (Å²) in [7, 11) is -0.457. The highest BCUT2D eigenvalue weighted by Gasteiger charge is 2.51. The van der Waals surface area contributed by atoms with Crippen LogP contribution in [-0.2, 0) is 14.0 Å². The highest BCUT2D eigenvalue weighted by Crippen LogP contribution is 2.36. The van der Waals surface area contributed by atoms with Gasteiger partial charge in [-0.05, 0) is 60.0 Å². The summed E-state index contributed by atoms with van der Waals surface area (Å²) in [5.74, 6) is 0. The Labute approximate surface area is 148 Å². The average molecular weight is 344 g/mol. The van der Waals surface area contributed by atoms with Gasteiger partial charge in [-0.25, -0.2) is 4.79 Å². The third-order valence-electron chi connectivity index (χ3n) is 4.64. The Morgan fingerprint density at radius 1 is 1.16 bits per heavy atom. The minimum atomic E-state index is -0.566. The minimum Gasteiger partial charge on any atom is -0.442 e. The van der Waals surface area contributed by atoms with Crippen molar-refractivity contribution in [2.75, 3.05) is 0 Å². The van der Waals surface area contributed by atoms with Gasteiger partial charge in [-0.2, -0.15) is 9.78 Å². The quantitative estimate of drug-likeness (QED) is 0.744. The molecule has 1 aromatic carbocycles. The van der Waals surface area contributed by atoms with E-state index >= 15 is 0 Å². The van der Waals surface area contributed by atoms with Crippen LogP contribution < -0.4 is 5.46 Å². The number of benzene rings is 1. The van der Waals surface area contributed by atoms with E-state index in [9.17, 15) is 4.79 Å². The van der Waals surface area contributed by atoms with E-state index in [1.54, 1.807) is 6.20 Å². The van der Waals surface area contributed by atoms with E-state index in [-0.39, 0.29) is 0 Å². The number of fused-ring (bicyclic) bond motifs is 1. The Kier molecular flexibility index (Phi) is 4.00. The monoisotopic (exact) mass is 344 g/mol. The topological polar surface area (TPSA) is 62.6 Å². The van der Waals surface area contributed by atoms with E-state index in [4.69, 9.17) is 14.0 Å². The smallest absolute Gasteiger partial charge is 0.442 e. The highest BCUT2D eigenvalue weighted by molar-refractivity contribution is 6.62. The number of hydrogen-bond donors (Lipinski definition) is 0. The Morgan fingerprint density at radius 2 is 1.76 bits per heavy atom. The predicted molar refractivity (Wildman–Crippen MR) is 97.1 cm³/mol. The molecule has 0 radical (unpaired) electrons. The first kappa shape index (κ1) is 18.0. The molecule has 25 heavy (non-hydrogen) atoms. The van der Waals surface area contributed by atoms with Crippen LogP contribution in [0.5, 0.6) is 0 Å².